The lowest BCUT2D eigenvalue weighted by molar-refractivity contribution is 0.692. The fraction of sp³-hybridized carbons (Fsp3) is 0.538. The molecule has 1 N–H and O–H groups in total. The normalized spacial score (nSPS) is 12.4. The van der Waals surface area contributed by atoms with Crippen LogP contribution in [-0.4, -0.2) is 70.9 Å². The van der Waals surface area contributed by atoms with Crippen molar-refractivity contribution in [2.45, 2.75) is 218 Å². The molecule has 9 heterocycles. The summed E-state index contributed by atoms with van der Waals surface area (Å²) in [5.41, 5.74) is 15.0. The summed E-state index contributed by atoms with van der Waals surface area (Å²) in [6.07, 6.45) is 7.87. The summed E-state index contributed by atoms with van der Waals surface area (Å²) in [4.78, 5) is 56.0. The number of thiophene rings is 1. The molecule has 428 valence electrons. The largest absolute Gasteiger partial charge is 0.370 e. The molecule has 0 atom stereocenters. The van der Waals surface area contributed by atoms with E-state index in [0.717, 1.165) is 91.8 Å². The Balaban J connectivity index is 0.000000161. The molecule has 0 unspecified atom stereocenters. The van der Waals surface area contributed by atoms with E-state index < -0.39 is 0 Å². The van der Waals surface area contributed by atoms with Gasteiger partial charge in [0.05, 0.1) is 34.6 Å². The second-order valence-electron chi connectivity index (χ2n) is 24.2. The minimum atomic E-state index is 0.337. The Morgan fingerprint density at radius 3 is 1.57 bits per heavy atom. The Kier molecular flexibility index (Phi) is 21.4. The molecule has 0 amide bonds. The number of imidazole rings is 1. The van der Waals surface area contributed by atoms with E-state index >= 15 is 0 Å². The van der Waals surface area contributed by atoms with Gasteiger partial charge in [0, 0.05) is 77.3 Å². The van der Waals surface area contributed by atoms with Crippen molar-refractivity contribution < 1.29 is 0 Å². The standard InChI is InChI=1S/C15H20N2.C13H21N3.C13H17N3.C12H18N4.C12H16N2S/c1-8(2)15-16-7-13-11(5)9(3)10(4)12(6)14(13)17-15;2*1-8(2)11-10-6-5-7-14-13(10)16-12(15-11)9(3)4;1-7(2)9-10-12(16(5)6-13-10)15-11(14-9)8(3)4;1-7(2)10-9-5-6-15-12(9)14-11(13-10)8(3)4/h7-8H,1-6H3;8-9H,5-7H2,1-4H3,(H,14,15,16);5-9H,1-4H3;6-8H,1-5H3;5-8H,1-4H3. The predicted molar refractivity (Wildman–Crippen MR) is 335 cm³/mol. The summed E-state index contributed by atoms with van der Waals surface area (Å²) < 4.78 is 1.95. The predicted octanol–water partition coefficient (Wildman–Crippen LogP) is 16.9. The SMILES string of the molecule is CC(C)c1nc(C(C)C)c2cccnc2n1.CC(C)c1nc(C(C)C)c2ccsc2n1.CC(C)c1nc(C(C)C)c2ncn(C)c2n1.CC(C)c1nc2c(c(C(C)C)n1)CCCN2.Cc1c(C)c(C)c2nc(C(C)C)ncc2c1C. The number of hydrogen-bond donors (Lipinski definition) is 1. The van der Waals surface area contributed by atoms with Gasteiger partial charge in [-0.05, 0) is 110 Å². The van der Waals surface area contributed by atoms with E-state index in [9.17, 15) is 0 Å². The fourth-order valence-electron chi connectivity index (χ4n) is 9.30. The summed E-state index contributed by atoms with van der Waals surface area (Å²) in [5, 5.41) is 8.98. The van der Waals surface area contributed by atoms with E-state index in [0.29, 0.717) is 53.3 Å². The number of fused-ring (bicyclic) bond motifs is 5. The highest BCUT2D eigenvalue weighted by atomic mass is 32.1. The molecule has 0 aliphatic carbocycles. The summed E-state index contributed by atoms with van der Waals surface area (Å²) in [6, 6.07) is 6.10. The molecule has 15 heteroatoms. The summed E-state index contributed by atoms with van der Waals surface area (Å²) >= 11 is 1.70. The summed E-state index contributed by atoms with van der Waals surface area (Å²) in [5.74, 6) is 9.29. The first kappa shape index (κ1) is 62.7. The molecule has 0 fully saturated rings. The Labute approximate surface area is 481 Å². The molecule has 0 bridgehead atoms. The lowest BCUT2D eigenvalue weighted by atomic mass is 9.95. The monoisotopic (exact) mass is 1100 g/mol. The van der Waals surface area contributed by atoms with Gasteiger partial charge in [-0.15, -0.1) is 11.3 Å². The molecule has 80 heavy (non-hydrogen) atoms. The van der Waals surface area contributed by atoms with Crippen LogP contribution in [0.25, 0.3) is 43.3 Å². The van der Waals surface area contributed by atoms with Crippen molar-refractivity contribution in [2.75, 3.05) is 11.9 Å². The highest BCUT2D eigenvalue weighted by Gasteiger charge is 2.21. The minimum absolute atomic E-state index is 0.337. The van der Waals surface area contributed by atoms with Crippen LogP contribution in [0, 0.1) is 27.7 Å². The number of benzene rings is 1. The van der Waals surface area contributed by atoms with Crippen molar-refractivity contribution in [2.24, 2.45) is 7.05 Å². The van der Waals surface area contributed by atoms with Gasteiger partial charge in [-0.2, -0.15) is 0 Å². The van der Waals surface area contributed by atoms with Gasteiger partial charge in [-0.1, -0.05) is 125 Å². The zero-order valence-electron chi connectivity index (χ0n) is 52.6. The Bertz CT molecular complexity index is 3530. The number of hydrogen-bond acceptors (Lipinski definition) is 14. The molecule has 1 aliphatic heterocycles. The molecule has 8 aromatic heterocycles. The van der Waals surface area contributed by atoms with Crippen LogP contribution in [0.5, 0.6) is 0 Å². The van der Waals surface area contributed by atoms with Gasteiger partial charge in [0.1, 0.15) is 45.3 Å². The van der Waals surface area contributed by atoms with Crippen molar-refractivity contribution in [3.63, 3.8) is 0 Å². The van der Waals surface area contributed by atoms with Gasteiger partial charge in [0.25, 0.3) is 0 Å². The van der Waals surface area contributed by atoms with E-state index in [-0.39, 0.29) is 0 Å². The van der Waals surface area contributed by atoms with Crippen LogP contribution in [0.2, 0.25) is 0 Å². The first-order chi connectivity index (χ1) is 37.7. The number of pyridine rings is 1. The van der Waals surface area contributed by atoms with Crippen LogP contribution < -0.4 is 5.32 Å². The first-order valence-electron chi connectivity index (χ1n) is 29.2. The van der Waals surface area contributed by atoms with E-state index in [1.165, 1.54) is 56.4 Å². The second kappa shape index (κ2) is 27.3. The Morgan fingerprint density at radius 2 is 0.988 bits per heavy atom. The molecule has 0 saturated heterocycles. The number of nitrogens with zero attached hydrogens (tertiary/aromatic N) is 13. The summed E-state index contributed by atoms with van der Waals surface area (Å²) in [7, 11) is 1.97. The zero-order valence-corrected chi connectivity index (χ0v) is 53.4. The smallest absolute Gasteiger partial charge is 0.163 e. The fourth-order valence-corrected chi connectivity index (χ4v) is 10.1. The van der Waals surface area contributed by atoms with Crippen molar-refractivity contribution in [3.05, 3.63) is 122 Å². The maximum absolute atomic E-state index is 4.73. The third-order valence-electron chi connectivity index (χ3n) is 14.5. The van der Waals surface area contributed by atoms with E-state index in [1.54, 1.807) is 23.9 Å². The second-order valence-corrected chi connectivity index (χ2v) is 25.0. The quantitative estimate of drug-likeness (QED) is 0.145. The van der Waals surface area contributed by atoms with Gasteiger partial charge in [0.2, 0.25) is 0 Å². The molecular formula is C65H92N14S. The van der Waals surface area contributed by atoms with E-state index in [4.69, 9.17) is 9.97 Å². The molecule has 0 spiro atoms. The Hall–Kier alpha value is -6.48. The third-order valence-corrected chi connectivity index (χ3v) is 15.3. The molecule has 1 aromatic carbocycles. The average molecular weight is 1100 g/mol. The highest BCUT2D eigenvalue weighted by molar-refractivity contribution is 7.16. The van der Waals surface area contributed by atoms with Crippen LogP contribution >= 0.6 is 11.3 Å². The molecule has 0 radical (unpaired) electrons. The van der Waals surface area contributed by atoms with Crippen LogP contribution in [0.15, 0.2) is 42.3 Å². The molecule has 14 nitrogen and oxygen atoms in total. The van der Waals surface area contributed by atoms with Crippen molar-refractivity contribution in [3.8, 4) is 0 Å². The number of anilines is 1. The molecular weight excluding hydrogens is 1010 g/mol. The van der Waals surface area contributed by atoms with E-state index in [1.807, 2.05) is 29.9 Å². The minimum Gasteiger partial charge on any atom is -0.370 e. The topological polar surface area (TPSA) is 172 Å². The van der Waals surface area contributed by atoms with Crippen molar-refractivity contribution in [1.82, 2.24) is 64.4 Å². The number of nitrogens with one attached hydrogen (secondary N) is 1. The average Bonchev–Trinajstić information content (AvgIpc) is 4.13. The molecule has 1 aliphatic rings. The van der Waals surface area contributed by atoms with Crippen molar-refractivity contribution >= 4 is 60.5 Å². The number of aryl methyl sites for hydroxylation is 3. The maximum atomic E-state index is 4.73. The number of aromatic nitrogens is 13. The molecule has 9 aromatic rings. The van der Waals surface area contributed by atoms with Crippen LogP contribution in [0.4, 0.5) is 5.82 Å². The van der Waals surface area contributed by atoms with Gasteiger partial charge in [0.15, 0.2) is 11.3 Å². The van der Waals surface area contributed by atoms with Gasteiger partial charge in [-0.25, -0.2) is 59.8 Å². The molecule has 10 rings (SSSR count). The molecule has 0 saturated carbocycles. The maximum Gasteiger partial charge on any atom is 0.163 e. The zero-order chi connectivity index (χ0) is 59.0. The lowest BCUT2D eigenvalue weighted by Crippen LogP contribution is -2.19. The summed E-state index contributed by atoms with van der Waals surface area (Å²) in [6.45, 7) is 48.3. The third kappa shape index (κ3) is 14.7. The van der Waals surface area contributed by atoms with Crippen LogP contribution in [0.3, 0.4) is 0 Å². The Morgan fingerprint density at radius 1 is 0.463 bits per heavy atom. The van der Waals surface area contributed by atoms with Crippen LogP contribution in [0.1, 0.15) is 264 Å². The van der Waals surface area contributed by atoms with Crippen LogP contribution in [-0.2, 0) is 13.5 Å². The number of rotatable bonds is 9. The van der Waals surface area contributed by atoms with Crippen molar-refractivity contribution in [1.29, 1.82) is 0 Å². The highest BCUT2D eigenvalue weighted by Crippen LogP contribution is 2.32. The first-order valence-corrected chi connectivity index (χ1v) is 30.0. The van der Waals surface area contributed by atoms with Gasteiger partial charge < -0.3 is 9.88 Å². The van der Waals surface area contributed by atoms with E-state index in [2.05, 4.69) is 219 Å². The lowest BCUT2D eigenvalue weighted by Gasteiger charge is -2.22. The van der Waals surface area contributed by atoms with Gasteiger partial charge in [-0.3, -0.25) is 0 Å². The van der Waals surface area contributed by atoms with Gasteiger partial charge >= 0.3 is 0 Å².